The monoisotopic (exact) mass is 339 g/mol. The standard InChI is InChI=1S/C16H25N3O3S/c1-10-6-11(2)15(23(17,21)22)7-13(10)16(20)19-8-12(3)14(9-19)18(4)5/h6-7,12,14H,8-9H2,1-5H3,(H2,17,21,22). The van der Waals surface area contributed by atoms with Gasteiger partial charge in [0.05, 0.1) is 4.90 Å². The van der Waals surface area contributed by atoms with Crippen LogP contribution in [0.5, 0.6) is 0 Å². The molecule has 2 atom stereocenters. The van der Waals surface area contributed by atoms with Gasteiger partial charge in [0.1, 0.15) is 0 Å². The number of aryl methyl sites for hydroxylation is 2. The van der Waals surface area contributed by atoms with Gasteiger partial charge in [0.2, 0.25) is 10.0 Å². The van der Waals surface area contributed by atoms with Gasteiger partial charge in [-0.15, -0.1) is 0 Å². The van der Waals surface area contributed by atoms with Crippen molar-refractivity contribution in [2.24, 2.45) is 11.1 Å². The van der Waals surface area contributed by atoms with Crippen LogP contribution in [0.2, 0.25) is 0 Å². The predicted molar refractivity (Wildman–Crippen MR) is 89.8 cm³/mol. The molecule has 1 saturated heterocycles. The van der Waals surface area contributed by atoms with E-state index in [1.165, 1.54) is 6.07 Å². The zero-order valence-electron chi connectivity index (χ0n) is 14.3. The summed E-state index contributed by atoms with van der Waals surface area (Å²) in [4.78, 5) is 16.8. The lowest BCUT2D eigenvalue weighted by Crippen LogP contribution is -2.36. The zero-order valence-corrected chi connectivity index (χ0v) is 15.1. The molecule has 0 bridgehead atoms. The van der Waals surface area contributed by atoms with Crippen LogP contribution in [-0.2, 0) is 10.0 Å². The molecule has 128 valence electrons. The van der Waals surface area contributed by atoms with Gasteiger partial charge in [-0.2, -0.15) is 0 Å². The molecule has 1 fully saturated rings. The molecule has 0 radical (unpaired) electrons. The van der Waals surface area contributed by atoms with Crippen molar-refractivity contribution >= 4 is 15.9 Å². The third-order valence-corrected chi connectivity index (χ3v) is 5.63. The third-order valence-electron chi connectivity index (χ3n) is 4.58. The molecule has 23 heavy (non-hydrogen) atoms. The SMILES string of the molecule is Cc1cc(C)c(S(N)(=O)=O)cc1C(=O)N1CC(C)C(N(C)C)C1. The van der Waals surface area contributed by atoms with Crippen LogP contribution in [0.25, 0.3) is 0 Å². The van der Waals surface area contributed by atoms with Crippen molar-refractivity contribution in [2.45, 2.75) is 31.7 Å². The number of carbonyl (C=O) groups excluding carboxylic acids is 1. The summed E-state index contributed by atoms with van der Waals surface area (Å²) < 4.78 is 23.4. The highest BCUT2D eigenvalue weighted by molar-refractivity contribution is 7.89. The Bertz CT molecular complexity index is 728. The molecule has 0 saturated carbocycles. The van der Waals surface area contributed by atoms with Crippen molar-refractivity contribution in [2.75, 3.05) is 27.2 Å². The van der Waals surface area contributed by atoms with Crippen LogP contribution in [0.1, 0.15) is 28.4 Å². The van der Waals surface area contributed by atoms with E-state index in [4.69, 9.17) is 5.14 Å². The summed E-state index contributed by atoms with van der Waals surface area (Å²) in [6, 6.07) is 3.42. The second kappa shape index (κ2) is 6.22. The Kier molecular flexibility index (Phi) is 4.84. The number of hydrogen-bond donors (Lipinski definition) is 1. The lowest BCUT2D eigenvalue weighted by Gasteiger charge is -2.22. The molecular formula is C16H25N3O3S. The minimum absolute atomic E-state index is 0.0165. The minimum atomic E-state index is -3.84. The first-order chi connectivity index (χ1) is 10.5. The number of rotatable bonds is 3. The predicted octanol–water partition coefficient (Wildman–Crippen LogP) is 0.973. The molecule has 2 rings (SSSR count). The van der Waals surface area contributed by atoms with Gasteiger partial charge in [0.25, 0.3) is 5.91 Å². The van der Waals surface area contributed by atoms with Gasteiger partial charge in [-0.1, -0.05) is 13.0 Å². The van der Waals surface area contributed by atoms with Crippen LogP contribution in [0.3, 0.4) is 0 Å². The summed E-state index contributed by atoms with van der Waals surface area (Å²) in [5.74, 6) is 0.237. The number of hydrogen-bond acceptors (Lipinski definition) is 4. The van der Waals surface area contributed by atoms with Gasteiger partial charge in [-0.3, -0.25) is 4.79 Å². The van der Waals surface area contributed by atoms with Crippen molar-refractivity contribution in [3.8, 4) is 0 Å². The molecule has 1 aromatic carbocycles. The second-order valence-corrected chi connectivity index (χ2v) is 8.23. The Balaban J connectivity index is 2.37. The summed E-state index contributed by atoms with van der Waals surface area (Å²) in [6.07, 6.45) is 0. The Hall–Kier alpha value is -1.44. The number of benzene rings is 1. The highest BCUT2D eigenvalue weighted by Gasteiger charge is 2.34. The average molecular weight is 339 g/mol. The number of amides is 1. The molecule has 7 heteroatoms. The summed E-state index contributed by atoms with van der Waals surface area (Å²) in [7, 11) is 0.167. The van der Waals surface area contributed by atoms with Gasteiger partial charge in [-0.25, -0.2) is 13.6 Å². The van der Waals surface area contributed by atoms with E-state index in [1.54, 1.807) is 17.9 Å². The second-order valence-electron chi connectivity index (χ2n) is 6.70. The fourth-order valence-corrected chi connectivity index (χ4v) is 4.12. The lowest BCUT2D eigenvalue weighted by atomic mass is 10.0. The van der Waals surface area contributed by atoms with E-state index >= 15 is 0 Å². The molecular weight excluding hydrogens is 314 g/mol. The molecule has 0 aromatic heterocycles. The summed E-state index contributed by atoms with van der Waals surface area (Å²) in [6.45, 7) is 6.93. The largest absolute Gasteiger partial charge is 0.337 e. The van der Waals surface area contributed by atoms with E-state index in [1.807, 2.05) is 21.0 Å². The fourth-order valence-electron chi connectivity index (χ4n) is 3.33. The highest BCUT2D eigenvalue weighted by atomic mass is 32.2. The van der Waals surface area contributed by atoms with Gasteiger partial charge < -0.3 is 9.80 Å². The number of likely N-dealkylation sites (tertiary alicyclic amines) is 1. The maximum Gasteiger partial charge on any atom is 0.254 e. The highest BCUT2D eigenvalue weighted by Crippen LogP contribution is 2.25. The third kappa shape index (κ3) is 3.57. The zero-order chi connectivity index (χ0) is 17.5. The Morgan fingerprint density at radius 1 is 1.22 bits per heavy atom. The van der Waals surface area contributed by atoms with Crippen LogP contribution < -0.4 is 5.14 Å². The normalized spacial score (nSPS) is 22.0. The lowest BCUT2D eigenvalue weighted by molar-refractivity contribution is 0.0780. The van der Waals surface area contributed by atoms with E-state index in [-0.39, 0.29) is 10.8 Å². The number of carbonyl (C=O) groups is 1. The Morgan fingerprint density at radius 3 is 2.30 bits per heavy atom. The minimum Gasteiger partial charge on any atom is -0.337 e. The Labute approximate surface area is 138 Å². The van der Waals surface area contributed by atoms with Gasteiger partial charge in [0, 0.05) is 24.7 Å². The molecule has 2 unspecified atom stereocenters. The first-order valence-corrected chi connectivity index (χ1v) is 9.16. The molecule has 0 spiro atoms. The first kappa shape index (κ1) is 17.9. The van der Waals surface area contributed by atoms with Crippen LogP contribution in [0.15, 0.2) is 17.0 Å². The number of nitrogens with two attached hydrogens (primary N) is 1. The maximum absolute atomic E-state index is 12.8. The molecule has 1 aliphatic rings. The number of likely N-dealkylation sites (N-methyl/N-ethyl adjacent to an activating group) is 1. The quantitative estimate of drug-likeness (QED) is 0.889. The smallest absolute Gasteiger partial charge is 0.254 e. The first-order valence-electron chi connectivity index (χ1n) is 7.62. The maximum atomic E-state index is 12.8. The van der Waals surface area contributed by atoms with Crippen molar-refractivity contribution in [3.05, 3.63) is 28.8 Å². The van der Waals surface area contributed by atoms with E-state index in [2.05, 4.69) is 11.8 Å². The van der Waals surface area contributed by atoms with Gasteiger partial charge in [-0.05, 0) is 51.1 Å². The summed E-state index contributed by atoms with van der Waals surface area (Å²) in [5.41, 5.74) is 1.73. The van der Waals surface area contributed by atoms with Crippen molar-refractivity contribution in [1.29, 1.82) is 0 Å². The molecule has 6 nitrogen and oxygen atoms in total. The average Bonchev–Trinajstić information content (AvgIpc) is 2.78. The van der Waals surface area contributed by atoms with Gasteiger partial charge >= 0.3 is 0 Å². The number of sulfonamides is 1. The summed E-state index contributed by atoms with van der Waals surface area (Å²) in [5, 5.41) is 5.25. The molecule has 0 aliphatic carbocycles. The topological polar surface area (TPSA) is 83.7 Å². The Morgan fingerprint density at radius 2 is 1.83 bits per heavy atom. The van der Waals surface area contributed by atoms with E-state index in [9.17, 15) is 13.2 Å². The van der Waals surface area contributed by atoms with Crippen LogP contribution in [0, 0.1) is 19.8 Å². The van der Waals surface area contributed by atoms with Crippen LogP contribution in [-0.4, -0.2) is 57.4 Å². The summed E-state index contributed by atoms with van der Waals surface area (Å²) >= 11 is 0. The van der Waals surface area contributed by atoms with E-state index in [0.717, 1.165) is 5.56 Å². The van der Waals surface area contributed by atoms with Crippen molar-refractivity contribution in [1.82, 2.24) is 9.80 Å². The number of nitrogens with zero attached hydrogens (tertiary/aromatic N) is 2. The number of primary sulfonamides is 1. The molecule has 1 aliphatic heterocycles. The van der Waals surface area contributed by atoms with E-state index < -0.39 is 10.0 Å². The van der Waals surface area contributed by atoms with Crippen molar-refractivity contribution < 1.29 is 13.2 Å². The fraction of sp³-hybridized carbons (Fsp3) is 0.562. The molecule has 1 heterocycles. The van der Waals surface area contributed by atoms with Crippen LogP contribution in [0.4, 0.5) is 0 Å². The molecule has 2 N–H and O–H groups in total. The molecule has 1 amide bonds. The van der Waals surface area contributed by atoms with Crippen LogP contribution >= 0.6 is 0 Å². The van der Waals surface area contributed by atoms with Gasteiger partial charge in [0.15, 0.2) is 0 Å². The molecule has 1 aromatic rings. The van der Waals surface area contributed by atoms with Crippen molar-refractivity contribution in [3.63, 3.8) is 0 Å². The van der Waals surface area contributed by atoms with E-state index in [0.29, 0.717) is 36.2 Å².